The number of phenolic OH excluding ortho intramolecular Hbond substituents is 1. The molecule has 0 bridgehead atoms. The second kappa shape index (κ2) is 20.4. The van der Waals surface area contributed by atoms with Crippen LogP contribution < -0.4 is 38.3 Å². The number of fused-ring (bicyclic) bond motifs is 8. The van der Waals surface area contributed by atoms with Crippen LogP contribution in [0.25, 0.3) is 12.2 Å². The van der Waals surface area contributed by atoms with Crippen LogP contribution in [0.4, 0.5) is 0 Å². The van der Waals surface area contributed by atoms with Gasteiger partial charge in [0, 0.05) is 0 Å². The van der Waals surface area contributed by atoms with E-state index in [2.05, 4.69) is 79.4 Å². The van der Waals surface area contributed by atoms with Gasteiger partial charge in [0.2, 0.25) is 0 Å². The van der Waals surface area contributed by atoms with Gasteiger partial charge in [-0.1, -0.05) is 12.1 Å². The molecule has 0 unspecified atom stereocenters. The topological polar surface area (TPSA) is 86.6 Å². The molecule has 336 valence electrons. The molecule has 0 aliphatic carbocycles. The van der Waals surface area contributed by atoms with Gasteiger partial charge < -0.3 is 5.11 Å². The third-order valence-electron chi connectivity index (χ3n) is 11.7. The fraction of sp³-hybridized carbons (Fsp3) is 0.0847. The van der Waals surface area contributed by atoms with Crippen LogP contribution in [0.2, 0.25) is 10.6 Å². The van der Waals surface area contributed by atoms with E-state index >= 15 is 0 Å². The molecule has 0 fully saturated rings. The third-order valence-corrected chi connectivity index (χ3v) is 15.8. The Kier molecular flexibility index (Phi) is 13.5. The number of allylic oxidation sites excluding steroid dienone is 2. The normalized spacial score (nSPS) is 15.0. The number of aliphatic hydroxyl groups excluding tert-OH is 1. The van der Waals surface area contributed by atoms with Crippen molar-refractivity contribution in [3.8, 4) is 40.2 Å². The molecule has 3 aliphatic rings. The summed E-state index contributed by atoms with van der Waals surface area (Å²) < 4.78 is 33.6. The molecule has 1 spiro atoms. The van der Waals surface area contributed by atoms with Crippen molar-refractivity contribution >= 4 is 51.0 Å². The Morgan fingerprint density at radius 3 is 1.88 bits per heavy atom. The summed E-state index contributed by atoms with van der Waals surface area (Å²) in [5, 5.41) is 23.9. The second-order valence-electron chi connectivity index (χ2n) is 16.1. The molecule has 8 aromatic rings. The van der Waals surface area contributed by atoms with Crippen molar-refractivity contribution in [3.63, 3.8) is 0 Å². The Balaban J connectivity index is 0.000000159. The Labute approximate surface area is 408 Å². The summed E-state index contributed by atoms with van der Waals surface area (Å²) in [6, 6.07) is 60.1. The van der Waals surface area contributed by atoms with Crippen LogP contribution in [-0.2, 0) is 23.6 Å². The molecular formula is C59H46O7Se2. The zero-order chi connectivity index (χ0) is 46.3. The first kappa shape index (κ1) is 44.8. The van der Waals surface area contributed by atoms with E-state index in [1.165, 1.54) is 8.92 Å². The molecule has 11 rings (SSSR count). The van der Waals surface area contributed by atoms with E-state index in [4.69, 9.17) is 23.7 Å². The van der Waals surface area contributed by atoms with E-state index in [0.717, 1.165) is 77.1 Å². The van der Waals surface area contributed by atoms with Crippen molar-refractivity contribution in [1.82, 2.24) is 0 Å². The zero-order valence-corrected chi connectivity index (χ0v) is 40.3. The van der Waals surface area contributed by atoms with Crippen LogP contribution in [0.3, 0.4) is 0 Å². The van der Waals surface area contributed by atoms with Crippen molar-refractivity contribution in [2.75, 3.05) is 0 Å². The van der Waals surface area contributed by atoms with Crippen molar-refractivity contribution in [2.45, 2.75) is 29.5 Å². The van der Waals surface area contributed by atoms with Gasteiger partial charge in [-0.15, -0.1) is 0 Å². The maximum absolute atomic E-state index is 10.1. The van der Waals surface area contributed by atoms with Gasteiger partial charge in [0.25, 0.3) is 0 Å². The number of phenols is 1. The molecule has 1 atom stereocenters. The van der Waals surface area contributed by atoms with Gasteiger partial charge in [-0.3, -0.25) is 0 Å². The molecule has 0 amide bonds. The molecule has 3 aliphatic heterocycles. The maximum atomic E-state index is 10.1. The van der Waals surface area contributed by atoms with E-state index in [9.17, 15) is 10.2 Å². The fourth-order valence-electron chi connectivity index (χ4n) is 8.63. The molecule has 8 aromatic carbocycles. The Bertz CT molecular complexity index is 3280. The van der Waals surface area contributed by atoms with Crippen molar-refractivity contribution < 1.29 is 33.9 Å². The molecule has 0 aromatic heterocycles. The number of hydrogen-bond donors (Lipinski definition) is 2. The fourth-order valence-corrected chi connectivity index (χ4v) is 11.6. The summed E-state index contributed by atoms with van der Waals surface area (Å²) in [5.74, 6) is 4.27. The molecule has 0 radical (unpaired) electrons. The van der Waals surface area contributed by atoms with Gasteiger partial charge >= 0.3 is 393 Å². The average Bonchev–Trinajstić information content (AvgIpc) is 3.75. The standard InChI is InChI=1S/C30H24O3Se.C29H22O4Se/c1-21-12-14-26-28(18-21)33-29-19-23(32-16-7-17-34-24-9-3-2-4-10-24)13-15-27(29)30(26)25-11-6-5-8-22(25)20-31;30-21-11-13-25-27(17-21)33-28-18-22(31-15-6-16-34-23-8-2-1-3-9-23)12-14-26(28)29(25)24-10-5-4-7-20(24)19-32-29/h2-16,18-19,31H,1,17,20H2;1-15,17-18,30H,16,19H2/b16-7+;15-6+/t;29-/m.0/s1. The summed E-state index contributed by atoms with van der Waals surface area (Å²) in [5.41, 5.74) is 7.16. The van der Waals surface area contributed by atoms with Gasteiger partial charge in [0.15, 0.2) is 0 Å². The van der Waals surface area contributed by atoms with Crippen LogP contribution in [0, 0.1) is 0 Å². The van der Waals surface area contributed by atoms with Gasteiger partial charge in [0.1, 0.15) is 0 Å². The number of ether oxygens (including phenoxy) is 5. The summed E-state index contributed by atoms with van der Waals surface area (Å²) in [6.07, 6.45) is 7.61. The minimum absolute atomic E-state index is 0.0327. The molecule has 0 saturated carbocycles. The van der Waals surface area contributed by atoms with Crippen molar-refractivity contribution in [2.24, 2.45) is 0 Å². The van der Waals surface area contributed by atoms with Gasteiger partial charge in [0.05, 0.1) is 0 Å². The summed E-state index contributed by atoms with van der Waals surface area (Å²) in [7, 11) is 0. The van der Waals surface area contributed by atoms with Crippen molar-refractivity contribution in [3.05, 3.63) is 256 Å². The van der Waals surface area contributed by atoms with Crippen LogP contribution in [-0.4, -0.2) is 40.1 Å². The second-order valence-corrected chi connectivity index (χ2v) is 20.7. The summed E-state index contributed by atoms with van der Waals surface area (Å²) in [6.45, 7) is 4.53. The average molecular weight is 1020 g/mol. The predicted molar refractivity (Wildman–Crippen MR) is 270 cm³/mol. The van der Waals surface area contributed by atoms with E-state index < -0.39 is 5.60 Å². The molecule has 0 saturated heterocycles. The number of hydrogen-bond acceptors (Lipinski definition) is 7. The molecule has 2 N–H and O–H groups in total. The zero-order valence-electron chi connectivity index (χ0n) is 36.9. The number of rotatable bonds is 12. The first-order valence-corrected chi connectivity index (χ1v) is 26.3. The summed E-state index contributed by atoms with van der Waals surface area (Å²) in [4.78, 5) is 0. The van der Waals surface area contributed by atoms with E-state index in [-0.39, 0.29) is 12.4 Å². The first-order valence-electron chi connectivity index (χ1n) is 22.2. The van der Waals surface area contributed by atoms with Crippen LogP contribution in [0.5, 0.6) is 40.2 Å². The molecular weight excluding hydrogens is 979 g/mol. The van der Waals surface area contributed by atoms with E-state index in [0.29, 0.717) is 59.5 Å². The van der Waals surface area contributed by atoms with E-state index in [1.807, 2.05) is 109 Å². The monoisotopic (exact) mass is 1030 g/mol. The first-order chi connectivity index (χ1) is 33.5. The van der Waals surface area contributed by atoms with Gasteiger partial charge in [-0.25, -0.2) is 0 Å². The molecule has 9 heteroatoms. The van der Waals surface area contributed by atoms with Crippen LogP contribution >= 0.6 is 0 Å². The minimum atomic E-state index is -0.778. The van der Waals surface area contributed by atoms with Crippen LogP contribution in [0.1, 0.15) is 38.9 Å². The quantitative estimate of drug-likeness (QED) is 0.0932. The van der Waals surface area contributed by atoms with Gasteiger partial charge in [-0.05, 0) is 0 Å². The van der Waals surface area contributed by atoms with Crippen LogP contribution in [0.15, 0.2) is 207 Å². The SMILES string of the molecule is C=c1ccc2c(c1)Oc1cc(O/C=C/C[Se]c3ccccc3)ccc1C=2c1ccccc1CO.Oc1ccc2c(c1)Oc1cc(O/C=C/C[Se]c3ccccc3)ccc1[C@@]21OCc2ccccc21. The molecule has 7 nitrogen and oxygen atoms in total. The number of benzene rings is 8. The predicted octanol–water partition coefficient (Wildman–Crippen LogP) is 9.94. The third kappa shape index (κ3) is 9.42. The van der Waals surface area contributed by atoms with Crippen molar-refractivity contribution in [1.29, 1.82) is 0 Å². The molecule has 68 heavy (non-hydrogen) atoms. The number of aliphatic hydroxyl groups is 1. The Morgan fingerprint density at radius 2 is 1.16 bits per heavy atom. The Hall–Kier alpha value is -7.06. The molecule has 3 heterocycles. The van der Waals surface area contributed by atoms with Gasteiger partial charge in [-0.2, -0.15) is 0 Å². The Morgan fingerprint density at radius 1 is 0.559 bits per heavy atom. The summed E-state index contributed by atoms with van der Waals surface area (Å²) >= 11 is 0.769. The number of aromatic hydroxyl groups is 1. The van der Waals surface area contributed by atoms with E-state index in [1.54, 1.807) is 24.7 Å².